The molecule has 0 radical (unpaired) electrons. The highest BCUT2D eigenvalue weighted by Gasteiger charge is 2.03. The van der Waals surface area contributed by atoms with Crippen molar-refractivity contribution in [1.82, 2.24) is 0 Å². The van der Waals surface area contributed by atoms with Crippen LogP contribution < -0.4 is 0 Å². The quantitative estimate of drug-likeness (QED) is 0.682. The van der Waals surface area contributed by atoms with Gasteiger partial charge in [-0.25, -0.2) is 0 Å². The Morgan fingerprint density at radius 2 is 1.79 bits per heavy atom. The molecular weight excluding hydrogens is 176 g/mol. The molecule has 0 aliphatic carbocycles. The van der Waals surface area contributed by atoms with Crippen molar-refractivity contribution < 1.29 is 5.11 Å². The second-order valence-corrected chi connectivity index (χ2v) is 2.95. The molecular formula is C11H10N2O. The first kappa shape index (κ1) is 8.69. The van der Waals surface area contributed by atoms with E-state index in [-0.39, 0.29) is 5.75 Å². The summed E-state index contributed by atoms with van der Waals surface area (Å²) >= 11 is 0. The average molecular weight is 186 g/mol. The predicted octanol–water partition coefficient (Wildman–Crippen LogP) is 3.26. The number of fused-ring (bicyclic) bond motifs is 1. The number of nitrogens with zero attached hydrogens (tertiary/aromatic N) is 2. The molecule has 0 bridgehead atoms. The maximum absolute atomic E-state index is 9.68. The molecule has 0 saturated carbocycles. The molecule has 0 spiro atoms. The van der Waals surface area contributed by atoms with Crippen molar-refractivity contribution in [2.24, 2.45) is 10.2 Å². The van der Waals surface area contributed by atoms with E-state index in [4.69, 9.17) is 0 Å². The number of benzene rings is 2. The van der Waals surface area contributed by atoms with Crippen molar-refractivity contribution in [1.29, 1.82) is 0 Å². The van der Waals surface area contributed by atoms with E-state index in [1.54, 1.807) is 13.1 Å². The van der Waals surface area contributed by atoms with Gasteiger partial charge in [-0.2, -0.15) is 10.2 Å². The molecule has 0 aliphatic heterocycles. The highest BCUT2D eigenvalue weighted by Crippen LogP contribution is 2.33. The van der Waals surface area contributed by atoms with Crippen LogP contribution in [0.1, 0.15) is 0 Å². The molecule has 0 saturated heterocycles. The number of phenolic OH excluding ortho intramolecular Hbond substituents is 1. The molecule has 1 N–H and O–H groups in total. The minimum absolute atomic E-state index is 0.241. The molecule has 0 heterocycles. The van der Waals surface area contributed by atoms with Gasteiger partial charge in [0.05, 0.1) is 11.1 Å². The fourth-order valence-corrected chi connectivity index (χ4v) is 1.49. The van der Waals surface area contributed by atoms with Crippen molar-refractivity contribution in [3.8, 4) is 5.75 Å². The van der Waals surface area contributed by atoms with Crippen LogP contribution in [0.4, 0.5) is 5.69 Å². The van der Waals surface area contributed by atoms with Crippen LogP contribution in [-0.2, 0) is 0 Å². The Bertz CT molecular complexity index is 486. The smallest absolute Gasteiger partial charge is 0.125 e. The maximum atomic E-state index is 9.68. The van der Waals surface area contributed by atoms with E-state index in [2.05, 4.69) is 10.2 Å². The molecule has 2 aromatic rings. The number of azo groups is 1. The normalized spacial score (nSPS) is 11.2. The third-order valence-corrected chi connectivity index (χ3v) is 2.07. The van der Waals surface area contributed by atoms with Gasteiger partial charge in [-0.05, 0) is 17.5 Å². The summed E-state index contributed by atoms with van der Waals surface area (Å²) in [5, 5.41) is 19.1. The monoisotopic (exact) mass is 186 g/mol. The first-order valence-corrected chi connectivity index (χ1v) is 4.33. The first-order chi connectivity index (χ1) is 6.83. The summed E-state index contributed by atoms with van der Waals surface area (Å²) in [5.74, 6) is 0.241. The van der Waals surface area contributed by atoms with Crippen LogP contribution in [0, 0.1) is 0 Å². The van der Waals surface area contributed by atoms with Crippen LogP contribution >= 0.6 is 0 Å². The van der Waals surface area contributed by atoms with Gasteiger partial charge in [-0.1, -0.05) is 24.3 Å². The number of hydrogen-bond acceptors (Lipinski definition) is 3. The Hall–Kier alpha value is -1.90. The van der Waals surface area contributed by atoms with Gasteiger partial charge in [0.25, 0.3) is 0 Å². The molecule has 3 heteroatoms. The number of aromatic hydroxyl groups is 1. The molecule has 0 fully saturated rings. The van der Waals surface area contributed by atoms with Crippen molar-refractivity contribution in [2.45, 2.75) is 0 Å². The topological polar surface area (TPSA) is 45.0 Å². The molecule has 70 valence electrons. The minimum Gasteiger partial charge on any atom is -0.507 e. The lowest BCUT2D eigenvalue weighted by Crippen LogP contribution is -1.74. The van der Waals surface area contributed by atoms with E-state index in [9.17, 15) is 5.11 Å². The zero-order chi connectivity index (χ0) is 9.97. The van der Waals surface area contributed by atoms with E-state index in [0.717, 1.165) is 10.8 Å². The van der Waals surface area contributed by atoms with Crippen molar-refractivity contribution >= 4 is 16.5 Å². The van der Waals surface area contributed by atoms with Crippen LogP contribution in [0.25, 0.3) is 10.8 Å². The van der Waals surface area contributed by atoms with E-state index < -0.39 is 0 Å². The zero-order valence-electron chi connectivity index (χ0n) is 7.81. The second kappa shape index (κ2) is 3.46. The maximum Gasteiger partial charge on any atom is 0.125 e. The standard InChI is InChI=1S/C11H10N2O/c1-12-13-9-6-2-4-8-5-3-7-10(14)11(8)9/h2-7,14H,1H3. The third kappa shape index (κ3) is 1.33. The Kier molecular flexibility index (Phi) is 2.14. The highest BCUT2D eigenvalue weighted by atomic mass is 16.3. The zero-order valence-corrected chi connectivity index (χ0v) is 7.81. The Labute approximate surface area is 81.7 Å². The van der Waals surface area contributed by atoms with Crippen molar-refractivity contribution in [3.05, 3.63) is 36.4 Å². The van der Waals surface area contributed by atoms with Crippen molar-refractivity contribution in [2.75, 3.05) is 7.05 Å². The Balaban J connectivity index is 2.84. The largest absolute Gasteiger partial charge is 0.507 e. The fraction of sp³-hybridized carbons (Fsp3) is 0.0909. The van der Waals surface area contributed by atoms with Gasteiger partial charge in [-0.15, -0.1) is 0 Å². The minimum atomic E-state index is 0.241. The molecule has 0 unspecified atom stereocenters. The summed E-state index contributed by atoms with van der Waals surface area (Å²) in [6.45, 7) is 0. The molecule has 0 amide bonds. The summed E-state index contributed by atoms with van der Waals surface area (Å²) in [5.41, 5.74) is 0.697. The summed E-state index contributed by atoms with van der Waals surface area (Å²) in [4.78, 5) is 0. The molecule has 2 aromatic carbocycles. The van der Waals surface area contributed by atoms with Crippen LogP contribution in [0.2, 0.25) is 0 Å². The van der Waals surface area contributed by atoms with Crippen molar-refractivity contribution in [3.63, 3.8) is 0 Å². The summed E-state index contributed by atoms with van der Waals surface area (Å²) in [7, 11) is 1.61. The molecule has 3 nitrogen and oxygen atoms in total. The van der Waals surface area contributed by atoms with Crippen LogP contribution in [-0.4, -0.2) is 12.2 Å². The van der Waals surface area contributed by atoms with Gasteiger partial charge in [0.15, 0.2) is 0 Å². The lowest BCUT2D eigenvalue weighted by molar-refractivity contribution is 0.482. The van der Waals surface area contributed by atoms with Gasteiger partial charge in [0.2, 0.25) is 0 Å². The summed E-state index contributed by atoms with van der Waals surface area (Å²) in [6, 6.07) is 11.1. The average Bonchev–Trinajstić information content (AvgIpc) is 2.19. The van der Waals surface area contributed by atoms with Crippen LogP contribution in [0.5, 0.6) is 5.75 Å². The Morgan fingerprint density at radius 1 is 1.07 bits per heavy atom. The number of rotatable bonds is 1. The van der Waals surface area contributed by atoms with E-state index >= 15 is 0 Å². The van der Waals surface area contributed by atoms with Crippen LogP contribution in [0.15, 0.2) is 46.6 Å². The van der Waals surface area contributed by atoms with E-state index in [0.29, 0.717) is 5.69 Å². The van der Waals surface area contributed by atoms with Crippen LogP contribution in [0.3, 0.4) is 0 Å². The summed E-state index contributed by atoms with van der Waals surface area (Å²) in [6.07, 6.45) is 0. The first-order valence-electron chi connectivity index (χ1n) is 4.33. The Morgan fingerprint density at radius 3 is 2.50 bits per heavy atom. The van der Waals surface area contributed by atoms with E-state index in [1.807, 2.05) is 30.3 Å². The highest BCUT2D eigenvalue weighted by molar-refractivity contribution is 5.97. The third-order valence-electron chi connectivity index (χ3n) is 2.07. The summed E-state index contributed by atoms with van der Waals surface area (Å²) < 4.78 is 0. The van der Waals surface area contributed by atoms with E-state index in [1.165, 1.54) is 0 Å². The van der Waals surface area contributed by atoms with Gasteiger partial charge >= 0.3 is 0 Å². The number of hydrogen-bond donors (Lipinski definition) is 1. The SMILES string of the molecule is CN=Nc1cccc2cccc(O)c12. The predicted molar refractivity (Wildman–Crippen MR) is 56.1 cm³/mol. The lowest BCUT2D eigenvalue weighted by atomic mass is 10.1. The van der Waals surface area contributed by atoms with Gasteiger partial charge in [0, 0.05) is 7.05 Å². The van der Waals surface area contributed by atoms with Gasteiger partial charge < -0.3 is 5.11 Å². The van der Waals surface area contributed by atoms with Gasteiger partial charge in [0.1, 0.15) is 5.75 Å². The fourth-order valence-electron chi connectivity index (χ4n) is 1.49. The molecule has 0 aliphatic rings. The molecule has 14 heavy (non-hydrogen) atoms. The number of phenols is 1. The molecule has 0 atom stereocenters. The second-order valence-electron chi connectivity index (χ2n) is 2.95. The molecule has 0 aromatic heterocycles. The molecule has 2 rings (SSSR count). The van der Waals surface area contributed by atoms with Gasteiger partial charge in [-0.3, -0.25) is 0 Å². The lowest BCUT2D eigenvalue weighted by Gasteiger charge is -2.02.